The third kappa shape index (κ3) is 1.13. The van der Waals surface area contributed by atoms with Gasteiger partial charge in [0.15, 0.2) is 0 Å². The minimum absolute atomic E-state index is 0.0992. The summed E-state index contributed by atoms with van der Waals surface area (Å²) in [7, 11) is 0. The summed E-state index contributed by atoms with van der Waals surface area (Å²) in [6.45, 7) is 0. The number of para-hydroxylation sites is 1. The molecule has 0 fully saturated rings. The van der Waals surface area contributed by atoms with Gasteiger partial charge >= 0.3 is 0 Å². The first-order valence-electron chi connectivity index (χ1n) is 4.65. The highest BCUT2D eigenvalue weighted by Gasteiger charge is 2.05. The molecule has 2 heterocycles. The summed E-state index contributed by atoms with van der Waals surface area (Å²) in [6, 6.07) is 7.15. The lowest BCUT2D eigenvalue weighted by Crippen LogP contribution is -2.13. The fraction of sp³-hybridized carbons (Fsp3) is 0. The summed E-state index contributed by atoms with van der Waals surface area (Å²) in [6.07, 6.45) is 1.51. The van der Waals surface area contributed by atoms with Crippen LogP contribution in [0.1, 0.15) is 0 Å². The normalized spacial score (nSPS) is 11.0. The summed E-state index contributed by atoms with van der Waals surface area (Å²) < 4.78 is 1.63. The Morgan fingerprint density at radius 1 is 1.19 bits per heavy atom. The van der Waals surface area contributed by atoms with Crippen molar-refractivity contribution >= 4 is 22.6 Å². The second-order valence-corrected chi connectivity index (χ2v) is 3.32. The van der Waals surface area contributed by atoms with Crippen molar-refractivity contribution in [3.63, 3.8) is 0 Å². The maximum atomic E-state index is 11.7. The van der Waals surface area contributed by atoms with Crippen molar-refractivity contribution in [2.75, 3.05) is 5.73 Å². The largest absolute Gasteiger partial charge is 0.368 e. The Kier molecular flexibility index (Phi) is 1.64. The van der Waals surface area contributed by atoms with Crippen LogP contribution in [0.25, 0.3) is 16.7 Å². The summed E-state index contributed by atoms with van der Waals surface area (Å²) in [4.78, 5) is 23.3. The molecule has 0 atom stereocenters. The molecule has 0 aliphatic rings. The topological polar surface area (TPSA) is 86.2 Å². The van der Waals surface area contributed by atoms with Crippen molar-refractivity contribution in [2.24, 2.45) is 0 Å². The molecule has 1 aromatic carbocycles. The molecule has 0 aliphatic carbocycles. The van der Waals surface area contributed by atoms with Gasteiger partial charge in [-0.25, -0.2) is 4.98 Å². The van der Waals surface area contributed by atoms with Crippen molar-refractivity contribution in [1.82, 2.24) is 19.4 Å². The van der Waals surface area contributed by atoms with E-state index >= 15 is 0 Å². The van der Waals surface area contributed by atoms with Gasteiger partial charge < -0.3 is 5.73 Å². The lowest BCUT2D eigenvalue weighted by atomic mass is 10.2. The first-order valence-corrected chi connectivity index (χ1v) is 4.65. The van der Waals surface area contributed by atoms with E-state index in [1.165, 1.54) is 6.33 Å². The highest BCUT2D eigenvalue weighted by Crippen LogP contribution is 2.09. The minimum atomic E-state index is -0.311. The number of hydrogen-bond donors (Lipinski definition) is 1. The van der Waals surface area contributed by atoms with E-state index < -0.39 is 0 Å². The Balaban J connectivity index is 2.64. The summed E-state index contributed by atoms with van der Waals surface area (Å²) >= 11 is 0. The van der Waals surface area contributed by atoms with Crippen LogP contribution in [0.15, 0.2) is 35.4 Å². The van der Waals surface area contributed by atoms with Gasteiger partial charge in [-0.2, -0.15) is 9.97 Å². The molecule has 0 aliphatic heterocycles. The average molecular weight is 213 g/mol. The number of nitrogens with zero attached hydrogens (tertiary/aromatic N) is 4. The van der Waals surface area contributed by atoms with Gasteiger partial charge in [-0.1, -0.05) is 12.1 Å². The van der Waals surface area contributed by atoms with E-state index in [-0.39, 0.29) is 17.3 Å². The number of benzene rings is 1. The Morgan fingerprint density at radius 3 is 2.88 bits per heavy atom. The lowest BCUT2D eigenvalue weighted by Gasteiger charge is -2.03. The van der Waals surface area contributed by atoms with Crippen LogP contribution >= 0.6 is 0 Å². The molecule has 0 saturated carbocycles. The van der Waals surface area contributed by atoms with Crippen LogP contribution in [0.4, 0.5) is 5.95 Å². The lowest BCUT2D eigenvalue weighted by molar-refractivity contribution is 1.00. The van der Waals surface area contributed by atoms with Crippen LogP contribution in [0.2, 0.25) is 0 Å². The van der Waals surface area contributed by atoms with Gasteiger partial charge in [0.1, 0.15) is 6.33 Å². The number of hydrogen-bond acceptors (Lipinski definition) is 5. The number of nitrogens with two attached hydrogens (primary N) is 1. The molecule has 2 N–H and O–H groups in total. The number of nitrogen functional groups attached to an aromatic ring is 1. The zero-order valence-corrected chi connectivity index (χ0v) is 8.16. The third-order valence-electron chi connectivity index (χ3n) is 2.33. The van der Waals surface area contributed by atoms with Crippen LogP contribution in [0.3, 0.4) is 0 Å². The fourth-order valence-corrected chi connectivity index (χ4v) is 1.62. The molecule has 0 unspecified atom stereocenters. The molecule has 3 aromatic rings. The molecule has 0 amide bonds. The van der Waals surface area contributed by atoms with Gasteiger partial charge in [-0.05, 0) is 12.1 Å². The predicted molar refractivity (Wildman–Crippen MR) is 59.0 cm³/mol. The van der Waals surface area contributed by atoms with E-state index in [9.17, 15) is 4.79 Å². The molecule has 0 saturated heterocycles. The fourth-order valence-electron chi connectivity index (χ4n) is 1.62. The Bertz CT molecular complexity index is 749. The molecule has 78 valence electrons. The molecular formula is C10H7N5O. The van der Waals surface area contributed by atoms with Crippen LogP contribution in [-0.2, 0) is 0 Å². The highest BCUT2D eigenvalue weighted by atomic mass is 16.1. The maximum Gasteiger partial charge on any atom is 0.282 e. The van der Waals surface area contributed by atoms with Gasteiger partial charge in [0, 0.05) is 0 Å². The zero-order valence-electron chi connectivity index (χ0n) is 8.16. The summed E-state index contributed by atoms with van der Waals surface area (Å²) in [5, 5.41) is 0.536. The van der Waals surface area contributed by atoms with E-state index in [4.69, 9.17) is 5.73 Å². The van der Waals surface area contributed by atoms with Gasteiger partial charge in [-0.3, -0.25) is 9.20 Å². The summed E-state index contributed by atoms with van der Waals surface area (Å²) in [5.74, 6) is 0.360. The van der Waals surface area contributed by atoms with Crippen LogP contribution < -0.4 is 11.3 Å². The van der Waals surface area contributed by atoms with Gasteiger partial charge in [0.2, 0.25) is 11.7 Å². The van der Waals surface area contributed by atoms with Crippen molar-refractivity contribution in [3.05, 3.63) is 40.9 Å². The van der Waals surface area contributed by atoms with E-state index in [2.05, 4.69) is 15.0 Å². The molecule has 6 nitrogen and oxygen atoms in total. The molecule has 0 bridgehead atoms. The Labute approximate surface area is 89.4 Å². The minimum Gasteiger partial charge on any atom is -0.368 e. The molecule has 2 aromatic heterocycles. The third-order valence-corrected chi connectivity index (χ3v) is 2.33. The zero-order chi connectivity index (χ0) is 11.1. The Morgan fingerprint density at radius 2 is 2.00 bits per heavy atom. The first kappa shape index (κ1) is 8.78. The standard InChI is InChI=1S/C10H7N5O/c11-9-12-5-15-7-4-2-1-3-6(7)8(16)13-10(15)14-9/h1-5H,(H2,11,13,14,16). The van der Waals surface area contributed by atoms with Gasteiger partial charge in [0.05, 0.1) is 10.9 Å². The van der Waals surface area contributed by atoms with E-state index in [0.29, 0.717) is 5.39 Å². The average Bonchev–Trinajstić information content (AvgIpc) is 2.29. The molecule has 0 radical (unpaired) electrons. The molecule has 16 heavy (non-hydrogen) atoms. The van der Waals surface area contributed by atoms with Crippen molar-refractivity contribution < 1.29 is 0 Å². The van der Waals surface area contributed by atoms with Crippen LogP contribution in [0.5, 0.6) is 0 Å². The highest BCUT2D eigenvalue weighted by molar-refractivity contribution is 5.79. The van der Waals surface area contributed by atoms with Gasteiger partial charge in [-0.15, -0.1) is 0 Å². The number of rotatable bonds is 0. The second kappa shape index (κ2) is 2.99. The molecule has 3 rings (SSSR count). The Hall–Kier alpha value is -2.50. The number of aromatic nitrogens is 4. The van der Waals surface area contributed by atoms with Crippen molar-refractivity contribution in [3.8, 4) is 0 Å². The van der Waals surface area contributed by atoms with Crippen LogP contribution in [0, 0.1) is 0 Å². The van der Waals surface area contributed by atoms with Crippen molar-refractivity contribution in [2.45, 2.75) is 0 Å². The van der Waals surface area contributed by atoms with Crippen LogP contribution in [-0.4, -0.2) is 19.4 Å². The SMILES string of the molecule is Nc1ncn2c(n1)nc(=O)c1ccccc12. The van der Waals surface area contributed by atoms with E-state index in [1.54, 1.807) is 16.5 Å². The predicted octanol–water partition coefficient (Wildman–Crippen LogP) is 0.220. The first-order chi connectivity index (χ1) is 7.75. The smallest absolute Gasteiger partial charge is 0.282 e. The summed E-state index contributed by atoms with van der Waals surface area (Å²) in [5.41, 5.74) is 5.85. The maximum absolute atomic E-state index is 11.7. The van der Waals surface area contributed by atoms with E-state index in [1.807, 2.05) is 12.1 Å². The molecule has 6 heteroatoms. The second-order valence-electron chi connectivity index (χ2n) is 3.32. The van der Waals surface area contributed by atoms with Gasteiger partial charge in [0.25, 0.3) is 5.56 Å². The molecular weight excluding hydrogens is 206 g/mol. The quantitative estimate of drug-likeness (QED) is 0.540. The monoisotopic (exact) mass is 213 g/mol. The number of fused-ring (bicyclic) bond motifs is 3. The van der Waals surface area contributed by atoms with E-state index in [0.717, 1.165) is 5.52 Å². The molecule has 0 spiro atoms. The number of anilines is 1. The van der Waals surface area contributed by atoms with Crippen molar-refractivity contribution in [1.29, 1.82) is 0 Å².